The molecular weight excluding hydrogens is 228 g/mol. The van der Waals surface area contributed by atoms with Gasteiger partial charge < -0.3 is 15.3 Å². The Labute approximate surface area is 106 Å². The van der Waals surface area contributed by atoms with Crippen molar-refractivity contribution in [3.05, 3.63) is 30.1 Å². The van der Waals surface area contributed by atoms with Crippen molar-refractivity contribution in [1.29, 1.82) is 0 Å². The van der Waals surface area contributed by atoms with Crippen LogP contribution in [0, 0.1) is 0 Å². The molecule has 0 amide bonds. The van der Waals surface area contributed by atoms with E-state index in [9.17, 15) is 5.11 Å². The first kappa shape index (κ1) is 11.5. The summed E-state index contributed by atoms with van der Waals surface area (Å²) in [5, 5.41) is 12.6. The molecule has 2 aromatic rings. The van der Waals surface area contributed by atoms with Crippen LogP contribution in [-0.4, -0.2) is 40.2 Å². The Morgan fingerprint density at radius 3 is 3.17 bits per heavy atom. The van der Waals surface area contributed by atoms with Gasteiger partial charge in [-0.15, -0.1) is 0 Å². The van der Waals surface area contributed by atoms with Crippen LogP contribution in [0.4, 0.5) is 5.82 Å². The zero-order valence-electron chi connectivity index (χ0n) is 10.5. The third-order valence-corrected chi connectivity index (χ3v) is 3.38. The second-order valence-electron chi connectivity index (χ2n) is 4.80. The van der Waals surface area contributed by atoms with Gasteiger partial charge in [0.1, 0.15) is 11.5 Å². The van der Waals surface area contributed by atoms with Gasteiger partial charge in [0.25, 0.3) is 0 Å². The van der Waals surface area contributed by atoms with E-state index >= 15 is 0 Å². The first-order valence-electron chi connectivity index (χ1n) is 6.34. The normalized spacial score (nSPS) is 20.6. The summed E-state index contributed by atoms with van der Waals surface area (Å²) in [6.45, 7) is 5.17. The van der Waals surface area contributed by atoms with E-state index in [-0.39, 0.29) is 6.61 Å². The zero-order chi connectivity index (χ0) is 12.5. The molecule has 0 aromatic carbocycles. The fourth-order valence-electron chi connectivity index (χ4n) is 2.52. The number of hydrogen-bond donors (Lipinski definition) is 2. The molecule has 0 aliphatic carbocycles. The van der Waals surface area contributed by atoms with Gasteiger partial charge in [0, 0.05) is 31.9 Å². The molecule has 0 radical (unpaired) electrons. The minimum atomic E-state index is -0.0148. The van der Waals surface area contributed by atoms with Gasteiger partial charge in [-0.1, -0.05) is 6.07 Å². The second kappa shape index (κ2) is 4.59. The van der Waals surface area contributed by atoms with Crippen LogP contribution in [0.3, 0.4) is 0 Å². The highest BCUT2D eigenvalue weighted by molar-refractivity contribution is 5.52. The summed E-state index contributed by atoms with van der Waals surface area (Å²) in [7, 11) is 0. The molecular formula is C13H18N4O. The number of nitrogens with one attached hydrogen (secondary N) is 1. The van der Waals surface area contributed by atoms with Crippen molar-refractivity contribution < 1.29 is 5.11 Å². The summed E-state index contributed by atoms with van der Waals surface area (Å²) in [5.74, 6) is 1.15. The Hall–Kier alpha value is -1.59. The van der Waals surface area contributed by atoms with E-state index in [1.165, 1.54) is 0 Å². The Balaban J connectivity index is 2.02. The van der Waals surface area contributed by atoms with Gasteiger partial charge in [0.05, 0.1) is 12.3 Å². The number of rotatable bonds is 2. The van der Waals surface area contributed by atoms with Crippen molar-refractivity contribution in [3.8, 4) is 0 Å². The first-order chi connectivity index (χ1) is 8.78. The van der Waals surface area contributed by atoms with Crippen LogP contribution in [0.15, 0.2) is 24.4 Å². The molecule has 0 bridgehead atoms. The summed E-state index contributed by atoms with van der Waals surface area (Å²) < 4.78 is 2.06. The number of nitrogens with zero attached hydrogens (tertiary/aromatic N) is 3. The number of hydrogen-bond acceptors (Lipinski definition) is 4. The molecule has 0 spiro atoms. The molecule has 96 valence electrons. The number of piperazine rings is 1. The fourth-order valence-corrected chi connectivity index (χ4v) is 2.52. The van der Waals surface area contributed by atoms with Crippen LogP contribution >= 0.6 is 0 Å². The lowest BCUT2D eigenvalue weighted by Gasteiger charge is -2.33. The second-order valence-corrected chi connectivity index (χ2v) is 4.80. The third kappa shape index (κ3) is 1.95. The SMILES string of the molecule is CC1CN(c2cccc3nc(CO)cn23)CCN1. The van der Waals surface area contributed by atoms with E-state index in [4.69, 9.17) is 0 Å². The molecule has 3 rings (SSSR count). The topological polar surface area (TPSA) is 52.8 Å². The number of imidazole rings is 1. The molecule has 0 saturated carbocycles. The number of fused-ring (bicyclic) bond motifs is 1. The summed E-state index contributed by atoms with van der Waals surface area (Å²) in [6.07, 6.45) is 1.91. The van der Waals surface area contributed by atoms with E-state index in [1.54, 1.807) is 0 Å². The molecule has 18 heavy (non-hydrogen) atoms. The molecule has 3 heterocycles. The molecule has 1 aliphatic rings. The minimum absolute atomic E-state index is 0.0148. The predicted molar refractivity (Wildman–Crippen MR) is 70.8 cm³/mol. The number of aliphatic hydroxyl groups is 1. The van der Waals surface area contributed by atoms with Gasteiger partial charge >= 0.3 is 0 Å². The lowest BCUT2D eigenvalue weighted by atomic mass is 10.2. The number of aromatic nitrogens is 2. The van der Waals surface area contributed by atoms with E-state index in [0.717, 1.165) is 31.1 Å². The summed E-state index contributed by atoms with van der Waals surface area (Å²) in [6, 6.07) is 6.59. The van der Waals surface area contributed by atoms with Crippen molar-refractivity contribution in [2.75, 3.05) is 24.5 Å². The van der Waals surface area contributed by atoms with Gasteiger partial charge in [-0.3, -0.25) is 4.40 Å². The summed E-state index contributed by atoms with van der Waals surface area (Å²) >= 11 is 0. The average molecular weight is 246 g/mol. The lowest BCUT2D eigenvalue weighted by molar-refractivity contribution is 0.277. The van der Waals surface area contributed by atoms with Crippen LogP contribution in [0.25, 0.3) is 5.65 Å². The predicted octanol–water partition coefficient (Wildman–Crippen LogP) is 0.625. The van der Waals surface area contributed by atoms with E-state index in [2.05, 4.69) is 32.6 Å². The van der Waals surface area contributed by atoms with Gasteiger partial charge in [0.15, 0.2) is 0 Å². The van der Waals surface area contributed by atoms with E-state index in [0.29, 0.717) is 11.7 Å². The van der Waals surface area contributed by atoms with Crippen molar-refractivity contribution in [2.24, 2.45) is 0 Å². The van der Waals surface area contributed by atoms with Gasteiger partial charge in [-0.25, -0.2) is 4.98 Å². The maximum absolute atomic E-state index is 9.18. The standard InChI is InChI=1S/C13H18N4O/c1-10-7-16(6-5-14-10)13-4-2-3-12-15-11(9-18)8-17(12)13/h2-4,8,10,14,18H,5-7,9H2,1H3. The molecule has 1 unspecified atom stereocenters. The van der Waals surface area contributed by atoms with Crippen molar-refractivity contribution in [3.63, 3.8) is 0 Å². The van der Waals surface area contributed by atoms with E-state index in [1.807, 2.05) is 18.3 Å². The number of pyridine rings is 1. The monoisotopic (exact) mass is 246 g/mol. The van der Waals surface area contributed by atoms with Crippen LogP contribution in [-0.2, 0) is 6.61 Å². The lowest BCUT2D eigenvalue weighted by Crippen LogP contribution is -2.49. The van der Waals surface area contributed by atoms with Crippen LogP contribution in [0.1, 0.15) is 12.6 Å². The summed E-state index contributed by atoms with van der Waals surface area (Å²) in [5.41, 5.74) is 1.60. The molecule has 1 aliphatic heterocycles. The Bertz CT molecular complexity index is 551. The third-order valence-electron chi connectivity index (χ3n) is 3.38. The first-order valence-corrected chi connectivity index (χ1v) is 6.34. The molecule has 2 N–H and O–H groups in total. The zero-order valence-corrected chi connectivity index (χ0v) is 10.5. The van der Waals surface area contributed by atoms with Gasteiger partial charge in [0.2, 0.25) is 0 Å². The fraction of sp³-hybridized carbons (Fsp3) is 0.462. The molecule has 5 nitrogen and oxygen atoms in total. The van der Waals surface area contributed by atoms with Gasteiger partial charge in [-0.05, 0) is 19.1 Å². The molecule has 1 fully saturated rings. The van der Waals surface area contributed by atoms with Crippen molar-refractivity contribution in [1.82, 2.24) is 14.7 Å². The van der Waals surface area contributed by atoms with Crippen LogP contribution < -0.4 is 10.2 Å². The quantitative estimate of drug-likeness (QED) is 0.816. The number of aliphatic hydroxyl groups excluding tert-OH is 1. The smallest absolute Gasteiger partial charge is 0.138 e. The van der Waals surface area contributed by atoms with Crippen molar-refractivity contribution >= 4 is 11.5 Å². The maximum Gasteiger partial charge on any atom is 0.138 e. The molecule has 1 saturated heterocycles. The minimum Gasteiger partial charge on any atom is -0.390 e. The average Bonchev–Trinajstić information content (AvgIpc) is 2.81. The van der Waals surface area contributed by atoms with Crippen molar-refractivity contribution in [2.45, 2.75) is 19.6 Å². The molecule has 2 aromatic heterocycles. The Morgan fingerprint density at radius 2 is 2.39 bits per heavy atom. The van der Waals surface area contributed by atoms with Crippen LogP contribution in [0.5, 0.6) is 0 Å². The van der Waals surface area contributed by atoms with E-state index < -0.39 is 0 Å². The maximum atomic E-state index is 9.18. The Kier molecular flexibility index (Phi) is 2.93. The van der Waals surface area contributed by atoms with Crippen LogP contribution in [0.2, 0.25) is 0 Å². The number of anilines is 1. The Morgan fingerprint density at radius 1 is 1.50 bits per heavy atom. The highest BCUT2D eigenvalue weighted by atomic mass is 16.3. The largest absolute Gasteiger partial charge is 0.390 e. The molecule has 1 atom stereocenters. The molecule has 5 heteroatoms. The highest BCUT2D eigenvalue weighted by Crippen LogP contribution is 2.19. The summed E-state index contributed by atoms with van der Waals surface area (Å²) in [4.78, 5) is 6.73. The highest BCUT2D eigenvalue weighted by Gasteiger charge is 2.18. The van der Waals surface area contributed by atoms with Gasteiger partial charge in [-0.2, -0.15) is 0 Å².